The highest BCUT2D eigenvalue weighted by Gasteiger charge is 2.62. The van der Waals surface area contributed by atoms with Crippen LogP contribution in [0.5, 0.6) is 0 Å². The fourth-order valence-corrected chi connectivity index (χ4v) is 17.3. The Morgan fingerprint density at radius 3 is 1.78 bits per heavy atom. The first-order valence-corrected chi connectivity index (χ1v) is 24.7. The number of anilines is 3. The zero-order valence-electron chi connectivity index (χ0n) is 36.2. The van der Waals surface area contributed by atoms with E-state index >= 15 is 0 Å². The van der Waals surface area contributed by atoms with Crippen LogP contribution in [0.1, 0.15) is 91.9 Å². The molecule has 7 bridgehead atoms. The molecule has 7 aromatic rings. The first-order valence-electron chi connectivity index (χ1n) is 24.7. The summed E-state index contributed by atoms with van der Waals surface area (Å²) in [6, 6.07) is 64.2. The van der Waals surface area contributed by atoms with Gasteiger partial charge < -0.3 is 4.90 Å². The molecule has 7 fully saturated rings. The Morgan fingerprint density at radius 1 is 0.381 bits per heavy atom. The molecule has 1 nitrogen and oxygen atoms in total. The van der Waals surface area contributed by atoms with Gasteiger partial charge in [0.1, 0.15) is 0 Å². The van der Waals surface area contributed by atoms with Crippen molar-refractivity contribution in [1.82, 2.24) is 0 Å². The monoisotopic (exact) mass is 813 g/mol. The molecule has 1 heteroatoms. The fraction of sp³-hybridized carbons (Fsp3) is 0.323. The molecule has 16 rings (SSSR count). The van der Waals surface area contributed by atoms with Gasteiger partial charge in [-0.05, 0) is 208 Å². The van der Waals surface area contributed by atoms with Gasteiger partial charge in [-0.2, -0.15) is 0 Å². The van der Waals surface area contributed by atoms with Gasteiger partial charge in [0.05, 0.1) is 5.69 Å². The van der Waals surface area contributed by atoms with Gasteiger partial charge >= 0.3 is 0 Å². The van der Waals surface area contributed by atoms with Crippen LogP contribution < -0.4 is 4.90 Å². The highest BCUT2D eigenvalue weighted by atomic mass is 15.1. The highest BCUT2D eigenvalue weighted by Crippen LogP contribution is 2.71. The van der Waals surface area contributed by atoms with Gasteiger partial charge in [-0.1, -0.05) is 133 Å². The topological polar surface area (TPSA) is 3.24 Å². The largest absolute Gasteiger partial charge is 0.310 e. The van der Waals surface area contributed by atoms with Crippen molar-refractivity contribution >= 4 is 17.1 Å². The Kier molecular flexibility index (Phi) is 7.49. The van der Waals surface area contributed by atoms with Gasteiger partial charge in [0.25, 0.3) is 0 Å². The van der Waals surface area contributed by atoms with Crippen molar-refractivity contribution in [3.63, 3.8) is 0 Å². The molecule has 0 aliphatic heterocycles. The third-order valence-corrected chi connectivity index (χ3v) is 18.9. The minimum atomic E-state index is 0.0996. The summed E-state index contributed by atoms with van der Waals surface area (Å²) in [6.45, 7) is 0. The summed E-state index contributed by atoms with van der Waals surface area (Å²) in [5.74, 6) is 7.89. The standard InChI is InChI=1S/C62H55N/c1-3-12-40(13-4-1)48-19-11-21-58(59(48)41-14-5-2-6-15-41)63(46-22-24-50-49-16-7-8-18-53(49)61-54-33-39-27-42(54)34-43(28-39)60(61)55(50)35-46)47-23-25-52-51-17-9-10-20-56(51)62(57(52)36-47)44-29-37-26-38(31-44)32-45(62)30-37/h1-25,35-39,42-45,54,60-61H,26-34H2/t37?,38?,39?,42?,43?,44?,45?,54?,60-,61?,62?/m1/s1. The van der Waals surface area contributed by atoms with Gasteiger partial charge in [-0.25, -0.2) is 0 Å². The summed E-state index contributed by atoms with van der Waals surface area (Å²) in [4.78, 5) is 2.71. The molecule has 0 amide bonds. The van der Waals surface area contributed by atoms with Crippen LogP contribution >= 0.6 is 0 Å². The second-order valence-corrected chi connectivity index (χ2v) is 21.6. The average Bonchev–Trinajstić information content (AvgIpc) is 3.75. The van der Waals surface area contributed by atoms with Crippen LogP contribution in [0.15, 0.2) is 164 Å². The maximum absolute atomic E-state index is 2.72. The molecular weight excluding hydrogens is 759 g/mol. The number of rotatable bonds is 5. The van der Waals surface area contributed by atoms with Crippen molar-refractivity contribution in [1.29, 1.82) is 0 Å². The zero-order chi connectivity index (χ0) is 41.0. The Morgan fingerprint density at radius 2 is 0.984 bits per heavy atom. The molecule has 0 heterocycles. The van der Waals surface area contributed by atoms with Crippen LogP contribution in [0.2, 0.25) is 0 Å². The summed E-state index contributed by atoms with van der Waals surface area (Å²) in [5, 5.41) is 0. The molecule has 5 unspecified atom stereocenters. The number of nitrogens with zero attached hydrogens (tertiary/aromatic N) is 1. The lowest BCUT2D eigenvalue weighted by molar-refractivity contribution is -0.0399. The molecular formula is C62H55N. The van der Waals surface area contributed by atoms with Crippen LogP contribution in [0.4, 0.5) is 17.1 Å². The van der Waals surface area contributed by atoms with E-state index in [0.717, 1.165) is 47.3 Å². The van der Waals surface area contributed by atoms with Crippen LogP contribution in [-0.2, 0) is 5.41 Å². The van der Waals surface area contributed by atoms with Gasteiger partial charge in [0.2, 0.25) is 0 Å². The van der Waals surface area contributed by atoms with E-state index in [9.17, 15) is 0 Å². The summed E-state index contributed by atoms with van der Waals surface area (Å²) >= 11 is 0. The molecule has 308 valence electrons. The molecule has 63 heavy (non-hydrogen) atoms. The minimum absolute atomic E-state index is 0.0996. The van der Waals surface area contributed by atoms with E-state index in [-0.39, 0.29) is 5.41 Å². The van der Waals surface area contributed by atoms with Gasteiger partial charge in [-0.15, -0.1) is 0 Å². The molecule has 7 aromatic carbocycles. The summed E-state index contributed by atoms with van der Waals surface area (Å²) < 4.78 is 0. The maximum Gasteiger partial charge on any atom is 0.0546 e. The normalized spacial score (nSPS) is 31.6. The van der Waals surface area contributed by atoms with E-state index in [2.05, 4.69) is 169 Å². The van der Waals surface area contributed by atoms with Gasteiger partial charge in [0.15, 0.2) is 0 Å². The van der Waals surface area contributed by atoms with E-state index in [4.69, 9.17) is 0 Å². The van der Waals surface area contributed by atoms with Crippen LogP contribution in [0, 0.1) is 47.3 Å². The molecule has 1 spiro atoms. The summed E-state index contributed by atoms with van der Waals surface area (Å²) in [5.41, 5.74) is 21.5. The van der Waals surface area contributed by atoms with Crippen molar-refractivity contribution in [2.24, 2.45) is 47.3 Å². The Labute approximate surface area is 373 Å². The first kappa shape index (κ1) is 35.8. The number of fused-ring (bicyclic) bond motifs is 13. The van der Waals surface area contributed by atoms with E-state index in [1.54, 1.807) is 22.3 Å². The van der Waals surface area contributed by atoms with Crippen LogP contribution in [0.3, 0.4) is 0 Å². The fourth-order valence-electron chi connectivity index (χ4n) is 17.3. The third kappa shape index (κ3) is 4.90. The number of hydrogen-bond acceptors (Lipinski definition) is 1. The molecule has 0 radical (unpaired) electrons. The Balaban J connectivity index is 0.989. The predicted octanol–water partition coefficient (Wildman–Crippen LogP) is 16.1. The van der Waals surface area contributed by atoms with Gasteiger partial charge in [0, 0.05) is 22.4 Å². The van der Waals surface area contributed by atoms with E-state index in [0.29, 0.717) is 11.8 Å². The maximum atomic E-state index is 2.72. The molecule has 0 aromatic heterocycles. The second kappa shape index (κ2) is 13.2. The van der Waals surface area contributed by atoms with E-state index in [1.165, 1.54) is 119 Å². The lowest BCUT2D eigenvalue weighted by atomic mass is 9.43. The lowest BCUT2D eigenvalue weighted by Crippen LogP contribution is -2.55. The lowest BCUT2D eigenvalue weighted by Gasteiger charge is -2.61. The minimum Gasteiger partial charge on any atom is -0.310 e. The zero-order valence-corrected chi connectivity index (χ0v) is 36.2. The SMILES string of the molecule is c1ccc(-c2cccc(N(c3ccc4c(c3)[C@H]3C5CC6CC(C5)C(C6)C3c3ccccc3-4)c3ccc4c(c3)C3(c5ccccc5-4)C4CC5CC(C4)CC3C5)c2-c2ccccc2)cc1. The molecule has 0 saturated heterocycles. The third-order valence-electron chi connectivity index (χ3n) is 18.9. The van der Waals surface area contributed by atoms with Crippen LogP contribution in [-0.4, -0.2) is 0 Å². The molecule has 9 aliphatic carbocycles. The number of benzene rings is 7. The van der Waals surface area contributed by atoms with E-state index < -0.39 is 0 Å². The van der Waals surface area contributed by atoms with E-state index in [1.807, 2.05) is 0 Å². The van der Waals surface area contributed by atoms with Crippen LogP contribution in [0.25, 0.3) is 44.5 Å². The first-order chi connectivity index (χ1) is 31.2. The van der Waals surface area contributed by atoms with Crippen molar-refractivity contribution < 1.29 is 0 Å². The summed E-state index contributed by atoms with van der Waals surface area (Å²) in [6.07, 6.45) is 12.8. The Hall–Kier alpha value is -5.66. The quantitative estimate of drug-likeness (QED) is 0.167. The van der Waals surface area contributed by atoms with Crippen molar-refractivity contribution in [3.05, 3.63) is 186 Å². The van der Waals surface area contributed by atoms with Crippen molar-refractivity contribution in [2.45, 2.75) is 75.0 Å². The molecule has 7 saturated carbocycles. The average molecular weight is 814 g/mol. The number of hydrogen-bond donors (Lipinski definition) is 0. The van der Waals surface area contributed by atoms with Gasteiger partial charge in [-0.3, -0.25) is 0 Å². The molecule has 6 atom stereocenters. The second-order valence-electron chi connectivity index (χ2n) is 21.6. The Bertz CT molecular complexity index is 2950. The van der Waals surface area contributed by atoms with Crippen molar-refractivity contribution in [2.75, 3.05) is 4.90 Å². The predicted molar refractivity (Wildman–Crippen MR) is 259 cm³/mol. The molecule has 0 N–H and O–H groups in total. The highest BCUT2D eigenvalue weighted by molar-refractivity contribution is 5.98. The summed E-state index contributed by atoms with van der Waals surface area (Å²) in [7, 11) is 0. The smallest absolute Gasteiger partial charge is 0.0546 e. The van der Waals surface area contributed by atoms with Crippen molar-refractivity contribution in [3.8, 4) is 44.5 Å². The molecule has 9 aliphatic rings.